The van der Waals surface area contributed by atoms with E-state index in [1.54, 1.807) is 12.1 Å². The number of carbonyl (C=O) groups excluding carboxylic acids is 1. The van der Waals surface area contributed by atoms with Gasteiger partial charge in [-0.3, -0.25) is 4.79 Å². The van der Waals surface area contributed by atoms with Crippen LogP contribution in [-0.2, 0) is 4.79 Å². The van der Waals surface area contributed by atoms with Crippen LogP contribution in [0.3, 0.4) is 0 Å². The number of nitrogens with one attached hydrogen (secondary N) is 2. The summed E-state index contributed by atoms with van der Waals surface area (Å²) in [6.45, 7) is 1.35. The average molecular weight is 402 g/mol. The van der Waals surface area contributed by atoms with E-state index in [4.69, 9.17) is 16.3 Å². The zero-order valence-electron chi connectivity index (χ0n) is 15.5. The number of para-hydroxylation sites is 1. The SMILES string of the molecule is O=C(C1CC(c2ccccc2O)NN1)N1CCC(Oc2ccc(Cl)cc2)CC1. The number of halogens is 1. The minimum absolute atomic E-state index is 0.0825. The Kier molecular flexibility index (Phi) is 5.71. The van der Waals surface area contributed by atoms with Crippen LogP contribution in [-0.4, -0.2) is 41.1 Å². The number of ether oxygens (including phenoxy) is 1. The van der Waals surface area contributed by atoms with Crippen molar-refractivity contribution in [2.45, 2.75) is 37.5 Å². The normalized spacial score (nSPS) is 23.0. The second-order valence-electron chi connectivity index (χ2n) is 7.28. The van der Waals surface area contributed by atoms with E-state index in [1.807, 2.05) is 41.3 Å². The van der Waals surface area contributed by atoms with E-state index in [0.717, 1.165) is 24.2 Å². The Morgan fingerprint density at radius 1 is 1.07 bits per heavy atom. The molecular weight excluding hydrogens is 378 g/mol. The second-order valence-corrected chi connectivity index (χ2v) is 7.72. The van der Waals surface area contributed by atoms with Crippen molar-refractivity contribution in [1.29, 1.82) is 0 Å². The van der Waals surface area contributed by atoms with Crippen LogP contribution in [0.4, 0.5) is 0 Å². The molecule has 2 aromatic carbocycles. The number of carbonyl (C=O) groups is 1. The number of benzene rings is 2. The lowest BCUT2D eigenvalue weighted by Gasteiger charge is -2.33. The number of piperidine rings is 1. The van der Waals surface area contributed by atoms with E-state index < -0.39 is 0 Å². The van der Waals surface area contributed by atoms with Crippen molar-refractivity contribution in [2.24, 2.45) is 0 Å². The number of nitrogens with zero attached hydrogens (tertiary/aromatic N) is 1. The molecule has 4 rings (SSSR count). The summed E-state index contributed by atoms with van der Waals surface area (Å²) in [6, 6.07) is 14.2. The minimum Gasteiger partial charge on any atom is -0.508 e. The molecule has 0 bridgehead atoms. The Morgan fingerprint density at radius 2 is 1.79 bits per heavy atom. The van der Waals surface area contributed by atoms with Crippen molar-refractivity contribution in [3.63, 3.8) is 0 Å². The lowest BCUT2D eigenvalue weighted by atomic mass is 9.99. The molecule has 3 N–H and O–H groups in total. The van der Waals surface area contributed by atoms with Gasteiger partial charge in [0.1, 0.15) is 23.6 Å². The molecule has 2 fully saturated rings. The van der Waals surface area contributed by atoms with E-state index >= 15 is 0 Å². The van der Waals surface area contributed by atoms with Crippen LogP contribution in [0.1, 0.15) is 30.9 Å². The lowest BCUT2D eigenvalue weighted by Crippen LogP contribution is -2.49. The summed E-state index contributed by atoms with van der Waals surface area (Å²) in [5.74, 6) is 1.15. The van der Waals surface area contributed by atoms with E-state index in [-0.39, 0.29) is 29.8 Å². The number of hydrogen-bond acceptors (Lipinski definition) is 5. The van der Waals surface area contributed by atoms with Crippen molar-refractivity contribution in [3.8, 4) is 11.5 Å². The molecule has 2 aliphatic heterocycles. The molecule has 0 radical (unpaired) electrons. The Morgan fingerprint density at radius 3 is 2.50 bits per heavy atom. The monoisotopic (exact) mass is 401 g/mol. The van der Waals surface area contributed by atoms with Crippen LogP contribution in [0.25, 0.3) is 0 Å². The lowest BCUT2D eigenvalue weighted by molar-refractivity contribution is -0.135. The van der Waals surface area contributed by atoms with Gasteiger partial charge in [0.05, 0.1) is 6.04 Å². The first-order valence-corrected chi connectivity index (χ1v) is 9.98. The smallest absolute Gasteiger partial charge is 0.241 e. The van der Waals surface area contributed by atoms with Gasteiger partial charge in [-0.2, -0.15) is 0 Å². The molecule has 0 aromatic heterocycles. The summed E-state index contributed by atoms with van der Waals surface area (Å²) in [5.41, 5.74) is 7.03. The van der Waals surface area contributed by atoms with E-state index in [9.17, 15) is 9.90 Å². The molecule has 6 nitrogen and oxygen atoms in total. The Bertz CT molecular complexity index is 822. The number of rotatable bonds is 4. The molecule has 2 saturated heterocycles. The fourth-order valence-corrected chi connectivity index (χ4v) is 3.95. The predicted octanol–water partition coefficient (Wildman–Crippen LogP) is 3.02. The van der Waals surface area contributed by atoms with Gasteiger partial charge in [0.2, 0.25) is 5.91 Å². The molecule has 2 unspecified atom stereocenters. The maximum absolute atomic E-state index is 12.9. The summed E-state index contributed by atoms with van der Waals surface area (Å²) < 4.78 is 6.00. The molecule has 7 heteroatoms. The summed E-state index contributed by atoms with van der Waals surface area (Å²) in [5, 5.41) is 10.7. The van der Waals surface area contributed by atoms with Crippen LogP contribution in [0.15, 0.2) is 48.5 Å². The largest absolute Gasteiger partial charge is 0.508 e. The van der Waals surface area contributed by atoms with E-state index in [1.165, 1.54) is 0 Å². The zero-order chi connectivity index (χ0) is 19.5. The molecule has 0 aliphatic carbocycles. The van der Waals surface area contributed by atoms with Crippen molar-refractivity contribution in [2.75, 3.05) is 13.1 Å². The fraction of sp³-hybridized carbons (Fsp3) is 0.381. The molecule has 0 spiro atoms. The molecule has 0 saturated carbocycles. The maximum atomic E-state index is 12.9. The van der Waals surface area contributed by atoms with Crippen molar-refractivity contribution in [1.82, 2.24) is 15.8 Å². The number of hydrazine groups is 1. The van der Waals surface area contributed by atoms with Crippen LogP contribution < -0.4 is 15.6 Å². The predicted molar refractivity (Wildman–Crippen MR) is 107 cm³/mol. The second kappa shape index (κ2) is 8.39. The third-order valence-corrected chi connectivity index (χ3v) is 5.64. The quantitative estimate of drug-likeness (QED) is 0.734. The number of amides is 1. The van der Waals surface area contributed by atoms with Gasteiger partial charge in [-0.05, 0) is 36.8 Å². The number of phenols is 1. The van der Waals surface area contributed by atoms with Crippen molar-refractivity contribution < 1.29 is 14.6 Å². The Labute approximate surface area is 169 Å². The van der Waals surface area contributed by atoms with Crippen LogP contribution in [0.5, 0.6) is 11.5 Å². The van der Waals surface area contributed by atoms with Crippen molar-refractivity contribution in [3.05, 3.63) is 59.1 Å². The standard InChI is InChI=1S/C21H24ClN3O3/c22-14-5-7-15(8-6-14)28-16-9-11-25(12-10-16)21(27)19-13-18(23-24-19)17-3-1-2-4-20(17)26/h1-8,16,18-19,23-24,26H,9-13H2. The molecule has 1 amide bonds. The molecule has 2 heterocycles. The maximum Gasteiger partial charge on any atom is 0.241 e. The number of phenolic OH excluding ortho intramolecular Hbond substituents is 1. The van der Waals surface area contributed by atoms with Crippen LogP contribution in [0.2, 0.25) is 5.02 Å². The fourth-order valence-electron chi connectivity index (χ4n) is 3.82. The summed E-state index contributed by atoms with van der Waals surface area (Å²) >= 11 is 5.90. The summed E-state index contributed by atoms with van der Waals surface area (Å²) in [7, 11) is 0. The van der Waals surface area contributed by atoms with E-state index in [2.05, 4.69) is 10.9 Å². The number of aromatic hydroxyl groups is 1. The third kappa shape index (κ3) is 4.24. The highest BCUT2D eigenvalue weighted by Crippen LogP contribution is 2.30. The first-order chi connectivity index (χ1) is 13.6. The van der Waals surface area contributed by atoms with Gasteiger partial charge >= 0.3 is 0 Å². The Balaban J connectivity index is 1.28. The molecule has 2 aliphatic rings. The molecule has 148 valence electrons. The van der Waals surface area contributed by atoms with Crippen LogP contribution >= 0.6 is 11.6 Å². The van der Waals surface area contributed by atoms with Gasteiger partial charge in [0, 0.05) is 36.5 Å². The van der Waals surface area contributed by atoms with Crippen LogP contribution in [0, 0.1) is 0 Å². The Hall–Kier alpha value is -2.28. The van der Waals surface area contributed by atoms with Gasteiger partial charge in [0.15, 0.2) is 0 Å². The highest BCUT2D eigenvalue weighted by atomic mass is 35.5. The number of likely N-dealkylation sites (tertiary alicyclic amines) is 1. The number of hydrogen-bond donors (Lipinski definition) is 3. The topological polar surface area (TPSA) is 73.8 Å². The third-order valence-electron chi connectivity index (χ3n) is 5.38. The van der Waals surface area contributed by atoms with Crippen molar-refractivity contribution >= 4 is 17.5 Å². The summed E-state index contributed by atoms with van der Waals surface area (Å²) in [4.78, 5) is 14.8. The zero-order valence-corrected chi connectivity index (χ0v) is 16.2. The average Bonchev–Trinajstić information content (AvgIpc) is 3.20. The molecule has 28 heavy (non-hydrogen) atoms. The molecule has 2 aromatic rings. The van der Waals surface area contributed by atoms with Gasteiger partial charge in [-0.15, -0.1) is 0 Å². The van der Waals surface area contributed by atoms with Gasteiger partial charge in [0.25, 0.3) is 0 Å². The minimum atomic E-state index is -0.293. The van der Waals surface area contributed by atoms with Gasteiger partial charge < -0.3 is 14.7 Å². The summed E-state index contributed by atoms with van der Waals surface area (Å²) in [6.07, 6.45) is 2.32. The van der Waals surface area contributed by atoms with E-state index in [0.29, 0.717) is 24.5 Å². The first kappa shape index (κ1) is 19.1. The first-order valence-electron chi connectivity index (χ1n) is 9.60. The van der Waals surface area contributed by atoms with Gasteiger partial charge in [-0.25, -0.2) is 10.9 Å². The highest BCUT2D eigenvalue weighted by Gasteiger charge is 2.35. The molecule has 2 atom stereocenters. The van der Waals surface area contributed by atoms with Gasteiger partial charge in [-0.1, -0.05) is 29.8 Å². The molecular formula is C21H24ClN3O3. The highest BCUT2D eigenvalue weighted by molar-refractivity contribution is 6.30.